The number of hydrogen-bond acceptors (Lipinski definition) is 3. The average molecular weight is 326 g/mol. The first-order chi connectivity index (χ1) is 10.6. The van der Waals surface area contributed by atoms with Gasteiger partial charge >= 0.3 is 0 Å². The predicted molar refractivity (Wildman–Crippen MR) is 85.8 cm³/mol. The molecule has 0 unspecified atom stereocenters. The van der Waals surface area contributed by atoms with Crippen molar-refractivity contribution in [3.8, 4) is 0 Å². The zero-order valence-electron chi connectivity index (χ0n) is 13.0. The summed E-state index contributed by atoms with van der Waals surface area (Å²) in [7, 11) is -3.32. The molecular weight excluding hydrogens is 300 g/mol. The molecule has 3 rings (SSSR count). The molecular formula is C16H26N2O3S. The minimum Gasteiger partial charge on any atom is -0.341 e. The lowest BCUT2D eigenvalue weighted by Gasteiger charge is -2.34. The molecule has 1 N–H and O–H groups in total. The number of nitrogens with zero attached hydrogens (tertiary/aromatic N) is 1. The molecule has 0 aromatic rings. The third kappa shape index (κ3) is 3.54. The first kappa shape index (κ1) is 16.0. The van der Waals surface area contributed by atoms with Crippen LogP contribution in [0.15, 0.2) is 12.2 Å². The highest BCUT2D eigenvalue weighted by Gasteiger charge is 2.36. The Morgan fingerprint density at radius 3 is 2.41 bits per heavy atom. The number of carbonyl (C=O) groups excluding carboxylic acids is 1. The number of rotatable bonds is 4. The standard InChI is InChI=1S/C16H26N2O3S/c19-16(13-6-1-2-7-13)18-11-5-10-15(12-18)22(20,21)17-14-8-3-4-9-14/h1-2,13-15,17H,3-12H2/t15-/m0/s1. The summed E-state index contributed by atoms with van der Waals surface area (Å²) in [6, 6.07) is 0.107. The van der Waals surface area contributed by atoms with Gasteiger partial charge in [-0.25, -0.2) is 13.1 Å². The molecule has 1 saturated heterocycles. The van der Waals surface area contributed by atoms with Crippen molar-refractivity contribution in [2.45, 2.75) is 62.7 Å². The normalized spacial score (nSPS) is 27.6. The number of sulfonamides is 1. The fraction of sp³-hybridized carbons (Fsp3) is 0.812. The van der Waals surface area contributed by atoms with Crippen molar-refractivity contribution in [1.82, 2.24) is 9.62 Å². The van der Waals surface area contributed by atoms with Gasteiger partial charge in [-0.15, -0.1) is 0 Å². The lowest BCUT2D eigenvalue weighted by molar-refractivity contribution is -0.135. The van der Waals surface area contributed by atoms with Gasteiger partial charge in [-0.2, -0.15) is 0 Å². The number of amides is 1. The molecule has 0 spiro atoms. The summed E-state index contributed by atoms with van der Waals surface area (Å²) in [4.78, 5) is 14.3. The summed E-state index contributed by atoms with van der Waals surface area (Å²) < 4.78 is 28.0. The van der Waals surface area contributed by atoms with Gasteiger partial charge in [0.2, 0.25) is 15.9 Å². The monoisotopic (exact) mass is 326 g/mol. The Hall–Kier alpha value is -0.880. The lowest BCUT2D eigenvalue weighted by Crippen LogP contribution is -2.51. The highest BCUT2D eigenvalue weighted by molar-refractivity contribution is 7.90. The molecule has 0 aromatic heterocycles. The van der Waals surface area contributed by atoms with Crippen LogP contribution in [0, 0.1) is 5.92 Å². The van der Waals surface area contributed by atoms with Crippen molar-refractivity contribution in [3.63, 3.8) is 0 Å². The van der Waals surface area contributed by atoms with E-state index in [1.807, 2.05) is 12.2 Å². The summed E-state index contributed by atoms with van der Waals surface area (Å²) >= 11 is 0. The van der Waals surface area contributed by atoms with Crippen LogP contribution in [0.5, 0.6) is 0 Å². The second-order valence-corrected chi connectivity index (χ2v) is 8.82. The van der Waals surface area contributed by atoms with Crippen LogP contribution < -0.4 is 4.72 Å². The van der Waals surface area contributed by atoms with E-state index in [1.54, 1.807) is 4.90 Å². The van der Waals surface area contributed by atoms with Gasteiger partial charge in [-0.1, -0.05) is 25.0 Å². The number of hydrogen-bond donors (Lipinski definition) is 1. The summed E-state index contributed by atoms with van der Waals surface area (Å²) in [5.41, 5.74) is 0. The average Bonchev–Trinajstić information content (AvgIpc) is 3.19. The largest absolute Gasteiger partial charge is 0.341 e. The number of nitrogens with one attached hydrogen (secondary N) is 1. The van der Waals surface area contributed by atoms with E-state index in [-0.39, 0.29) is 17.9 Å². The van der Waals surface area contributed by atoms with Gasteiger partial charge in [0.05, 0.1) is 5.25 Å². The predicted octanol–water partition coefficient (Wildman–Crippen LogP) is 1.81. The molecule has 0 aromatic carbocycles. The Balaban J connectivity index is 1.60. The van der Waals surface area contributed by atoms with Crippen molar-refractivity contribution in [2.24, 2.45) is 5.92 Å². The van der Waals surface area contributed by atoms with E-state index in [9.17, 15) is 13.2 Å². The molecule has 1 amide bonds. The van der Waals surface area contributed by atoms with Gasteiger partial charge in [-0.05, 0) is 38.5 Å². The first-order valence-electron chi connectivity index (χ1n) is 8.51. The third-order valence-electron chi connectivity index (χ3n) is 5.17. The molecule has 1 heterocycles. The van der Waals surface area contributed by atoms with E-state index in [0.717, 1.165) is 44.9 Å². The third-order valence-corrected chi connectivity index (χ3v) is 7.10. The van der Waals surface area contributed by atoms with Crippen molar-refractivity contribution in [2.75, 3.05) is 13.1 Å². The number of piperidine rings is 1. The van der Waals surface area contributed by atoms with E-state index in [4.69, 9.17) is 0 Å². The van der Waals surface area contributed by atoms with Crippen molar-refractivity contribution < 1.29 is 13.2 Å². The smallest absolute Gasteiger partial charge is 0.226 e. The Morgan fingerprint density at radius 1 is 1.05 bits per heavy atom. The maximum Gasteiger partial charge on any atom is 0.226 e. The van der Waals surface area contributed by atoms with Crippen LogP contribution in [0.2, 0.25) is 0 Å². The Labute approximate surface area is 133 Å². The molecule has 5 nitrogen and oxygen atoms in total. The zero-order valence-corrected chi connectivity index (χ0v) is 13.9. The molecule has 2 fully saturated rings. The van der Waals surface area contributed by atoms with Crippen LogP contribution in [0.1, 0.15) is 51.4 Å². The van der Waals surface area contributed by atoms with Crippen LogP contribution >= 0.6 is 0 Å². The fourth-order valence-electron chi connectivity index (χ4n) is 3.84. The van der Waals surface area contributed by atoms with E-state index in [1.165, 1.54) is 0 Å². The van der Waals surface area contributed by atoms with Gasteiger partial charge in [-0.3, -0.25) is 4.79 Å². The summed E-state index contributed by atoms with van der Waals surface area (Å²) in [5.74, 6) is 0.162. The Morgan fingerprint density at radius 2 is 1.73 bits per heavy atom. The Bertz CT molecular complexity index is 530. The SMILES string of the molecule is O=C(C1CC=CC1)N1CCC[C@H](S(=O)(=O)NC2CCCC2)C1. The minimum absolute atomic E-state index is 0.0317. The van der Waals surface area contributed by atoms with Gasteiger partial charge in [0, 0.05) is 25.0 Å². The maximum atomic E-state index is 12.6. The highest BCUT2D eigenvalue weighted by atomic mass is 32.2. The summed E-state index contributed by atoms with van der Waals surface area (Å²) in [6.07, 6.45) is 11.2. The number of likely N-dealkylation sites (tertiary alicyclic amines) is 1. The fourth-order valence-corrected chi connectivity index (χ4v) is 5.59. The van der Waals surface area contributed by atoms with Gasteiger partial charge in [0.15, 0.2) is 0 Å². The summed E-state index contributed by atoms with van der Waals surface area (Å²) in [6.45, 7) is 1.06. The quantitative estimate of drug-likeness (QED) is 0.801. The summed E-state index contributed by atoms with van der Waals surface area (Å²) in [5, 5.41) is -0.444. The van der Waals surface area contributed by atoms with Gasteiger partial charge in [0.1, 0.15) is 0 Å². The molecule has 3 aliphatic rings. The van der Waals surface area contributed by atoms with Gasteiger partial charge in [0.25, 0.3) is 0 Å². The molecule has 6 heteroatoms. The number of carbonyl (C=O) groups is 1. The molecule has 2 aliphatic carbocycles. The highest BCUT2D eigenvalue weighted by Crippen LogP contribution is 2.25. The van der Waals surface area contributed by atoms with E-state index >= 15 is 0 Å². The molecule has 0 bridgehead atoms. The maximum absolute atomic E-state index is 12.6. The zero-order chi connectivity index (χ0) is 15.6. The van der Waals surface area contributed by atoms with Crippen LogP contribution in [-0.4, -0.2) is 43.6 Å². The molecule has 124 valence electrons. The van der Waals surface area contributed by atoms with E-state index < -0.39 is 15.3 Å². The first-order valence-corrected chi connectivity index (χ1v) is 10.1. The molecule has 1 saturated carbocycles. The van der Waals surface area contributed by atoms with Crippen LogP contribution in [0.3, 0.4) is 0 Å². The molecule has 1 aliphatic heterocycles. The second kappa shape index (κ2) is 6.71. The topological polar surface area (TPSA) is 66.5 Å². The van der Waals surface area contributed by atoms with Crippen LogP contribution in [0.25, 0.3) is 0 Å². The molecule has 22 heavy (non-hydrogen) atoms. The lowest BCUT2D eigenvalue weighted by atomic mass is 10.0. The van der Waals surface area contributed by atoms with Crippen molar-refractivity contribution in [3.05, 3.63) is 12.2 Å². The molecule has 1 atom stereocenters. The van der Waals surface area contributed by atoms with Crippen molar-refractivity contribution >= 4 is 15.9 Å². The van der Waals surface area contributed by atoms with E-state index in [2.05, 4.69) is 4.72 Å². The van der Waals surface area contributed by atoms with Gasteiger partial charge < -0.3 is 4.90 Å². The number of allylic oxidation sites excluding steroid dienone is 2. The molecule has 0 radical (unpaired) electrons. The Kier molecular flexibility index (Phi) is 4.88. The second-order valence-electron chi connectivity index (χ2n) is 6.83. The van der Waals surface area contributed by atoms with Crippen LogP contribution in [0.4, 0.5) is 0 Å². The van der Waals surface area contributed by atoms with Crippen molar-refractivity contribution in [1.29, 1.82) is 0 Å². The van der Waals surface area contributed by atoms with E-state index in [0.29, 0.717) is 19.5 Å². The van der Waals surface area contributed by atoms with Crippen LogP contribution in [-0.2, 0) is 14.8 Å². The minimum atomic E-state index is -3.32.